The van der Waals surface area contributed by atoms with Gasteiger partial charge in [-0.15, -0.1) is 0 Å². The van der Waals surface area contributed by atoms with E-state index in [1.165, 1.54) is 18.2 Å². The van der Waals surface area contributed by atoms with Crippen LogP contribution in [0.25, 0.3) is 0 Å². The summed E-state index contributed by atoms with van der Waals surface area (Å²) in [5.41, 5.74) is 0.463. The molecule has 0 saturated carbocycles. The second kappa shape index (κ2) is 13.7. The van der Waals surface area contributed by atoms with E-state index in [2.05, 4.69) is 5.32 Å². The van der Waals surface area contributed by atoms with Crippen molar-refractivity contribution >= 4 is 24.4 Å². The first-order valence-corrected chi connectivity index (χ1v) is 9.76. The lowest BCUT2D eigenvalue weighted by Crippen LogP contribution is -2.43. The van der Waals surface area contributed by atoms with Gasteiger partial charge in [0.15, 0.2) is 11.5 Å². The minimum Gasteiger partial charge on any atom is -0.464 e. The maximum atomic E-state index is 12.2. The highest BCUT2D eigenvalue weighted by Crippen LogP contribution is 2.30. The second-order valence-electron chi connectivity index (χ2n) is 5.72. The van der Waals surface area contributed by atoms with Crippen LogP contribution in [0.15, 0.2) is 18.2 Å². The van der Waals surface area contributed by atoms with Crippen molar-refractivity contribution in [3.05, 3.63) is 23.8 Å². The minimum atomic E-state index is -1.06. The third-order valence-electron chi connectivity index (χ3n) is 3.50. The van der Waals surface area contributed by atoms with Gasteiger partial charge in [-0.3, -0.25) is 0 Å². The van der Waals surface area contributed by atoms with E-state index in [1.807, 2.05) is 0 Å². The summed E-state index contributed by atoms with van der Waals surface area (Å²) in [6.07, 6.45) is -2.81. The highest BCUT2D eigenvalue weighted by Gasteiger charge is 2.24. The molecule has 1 aromatic carbocycles. The average Bonchev–Trinajstić information content (AvgIpc) is 2.70. The molecule has 0 fully saturated rings. The summed E-state index contributed by atoms with van der Waals surface area (Å²) in [6, 6.07) is 3.18. The van der Waals surface area contributed by atoms with Crippen LogP contribution < -0.4 is 14.8 Å². The first-order valence-electron chi connectivity index (χ1n) is 9.76. The van der Waals surface area contributed by atoms with Gasteiger partial charge in [-0.1, -0.05) is 6.07 Å². The summed E-state index contributed by atoms with van der Waals surface area (Å²) in [5, 5.41) is 2.42. The summed E-state index contributed by atoms with van der Waals surface area (Å²) >= 11 is 0. The van der Waals surface area contributed by atoms with Gasteiger partial charge in [-0.25, -0.2) is 19.2 Å². The first-order chi connectivity index (χ1) is 14.8. The van der Waals surface area contributed by atoms with Crippen molar-refractivity contribution in [3.63, 3.8) is 0 Å². The third-order valence-corrected chi connectivity index (χ3v) is 3.50. The molecular formula is C20H27NO10. The summed E-state index contributed by atoms with van der Waals surface area (Å²) in [6.45, 7) is 6.85. The van der Waals surface area contributed by atoms with E-state index >= 15 is 0 Å². The number of benzene rings is 1. The monoisotopic (exact) mass is 441 g/mol. The zero-order chi connectivity index (χ0) is 23.2. The maximum absolute atomic E-state index is 12.2. The number of rotatable bonds is 10. The molecule has 0 saturated heterocycles. The van der Waals surface area contributed by atoms with Gasteiger partial charge in [0.05, 0.1) is 26.4 Å². The van der Waals surface area contributed by atoms with Gasteiger partial charge in [0.1, 0.15) is 6.04 Å². The molecule has 11 nitrogen and oxygen atoms in total. The van der Waals surface area contributed by atoms with Crippen LogP contribution in [0.4, 0.5) is 14.4 Å². The molecule has 0 spiro atoms. The largest absolute Gasteiger partial charge is 0.513 e. The Morgan fingerprint density at radius 2 is 1.32 bits per heavy atom. The third kappa shape index (κ3) is 9.24. The Hall–Kier alpha value is -3.50. The summed E-state index contributed by atoms with van der Waals surface area (Å²) < 4.78 is 29.4. The highest BCUT2D eigenvalue weighted by molar-refractivity contribution is 5.81. The van der Waals surface area contributed by atoms with Crippen molar-refractivity contribution in [2.45, 2.75) is 40.2 Å². The van der Waals surface area contributed by atoms with E-state index in [1.54, 1.807) is 27.7 Å². The normalized spacial score (nSPS) is 11.0. The van der Waals surface area contributed by atoms with E-state index in [0.29, 0.717) is 5.56 Å². The Kier molecular flexibility index (Phi) is 11.3. The summed E-state index contributed by atoms with van der Waals surface area (Å²) in [7, 11) is 0. The van der Waals surface area contributed by atoms with Crippen molar-refractivity contribution in [1.29, 1.82) is 0 Å². The van der Waals surface area contributed by atoms with Crippen LogP contribution in [0.2, 0.25) is 0 Å². The van der Waals surface area contributed by atoms with E-state index in [-0.39, 0.29) is 44.3 Å². The van der Waals surface area contributed by atoms with Gasteiger partial charge in [-0.2, -0.15) is 0 Å². The van der Waals surface area contributed by atoms with Gasteiger partial charge in [-0.05, 0) is 45.4 Å². The Labute approximate surface area is 179 Å². The number of esters is 1. The number of nitrogens with one attached hydrogen (secondary N) is 1. The number of ether oxygens (including phenoxy) is 6. The number of carbonyl (C=O) groups excluding carboxylic acids is 4. The molecule has 1 aromatic rings. The fourth-order valence-corrected chi connectivity index (χ4v) is 2.30. The van der Waals surface area contributed by atoms with Gasteiger partial charge in [0.2, 0.25) is 0 Å². The molecule has 172 valence electrons. The molecule has 0 heterocycles. The Morgan fingerprint density at radius 3 is 1.87 bits per heavy atom. The molecular weight excluding hydrogens is 414 g/mol. The van der Waals surface area contributed by atoms with Crippen molar-refractivity contribution in [2.75, 3.05) is 26.4 Å². The van der Waals surface area contributed by atoms with Gasteiger partial charge < -0.3 is 33.7 Å². The van der Waals surface area contributed by atoms with Crippen molar-refractivity contribution in [3.8, 4) is 11.5 Å². The lowest BCUT2D eigenvalue weighted by Gasteiger charge is -2.18. The van der Waals surface area contributed by atoms with Crippen molar-refractivity contribution in [1.82, 2.24) is 5.32 Å². The summed E-state index contributed by atoms with van der Waals surface area (Å²) in [4.78, 5) is 47.4. The zero-order valence-corrected chi connectivity index (χ0v) is 17.9. The van der Waals surface area contributed by atoms with Crippen LogP contribution in [-0.4, -0.2) is 56.8 Å². The number of hydrogen-bond acceptors (Lipinski definition) is 10. The van der Waals surface area contributed by atoms with Crippen LogP contribution in [0.5, 0.6) is 11.5 Å². The minimum absolute atomic E-state index is 0.0173. The number of amides is 1. The number of alkyl carbamates (subject to hydrolysis) is 1. The predicted octanol–water partition coefficient (Wildman–Crippen LogP) is 2.98. The van der Waals surface area contributed by atoms with Crippen LogP contribution in [0.1, 0.15) is 33.3 Å². The lowest BCUT2D eigenvalue weighted by atomic mass is 10.1. The Morgan fingerprint density at radius 1 is 0.774 bits per heavy atom. The van der Waals surface area contributed by atoms with Crippen LogP contribution in [0.3, 0.4) is 0 Å². The predicted molar refractivity (Wildman–Crippen MR) is 106 cm³/mol. The van der Waals surface area contributed by atoms with Crippen molar-refractivity contribution in [2.24, 2.45) is 0 Å². The number of carbonyl (C=O) groups is 4. The SMILES string of the molecule is CCOC(=O)NC(Cc1ccc(OC(=O)OCC)c(OC(=O)OCC)c1)C(=O)OCC. The van der Waals surface area contributed by atoms with Crippen LogP contribution in [0, 0.1) is 0 Å². The quantitative estimate of drug-likeness (QED) is 0.328. The maximum Gasteiger partial charge on any atom is 0.513 e. The van der Waals surface area contributed by atoms with Crippen LogP contribution in [-0.2, 0) is 30.2 Å². The lowest BCUT2D eigenvalue weighted by molar-refractivity contribution is -0.145. The molecule has 31 heavy (non-hydrogen) atoms. The molecule has 11 heteroatoms. The molecule has 1 N–H and O–H groups in total. The van der Waals surface area contributed by atoms with E-state index in [9.17, 15) is 19.2 Å². The fraction of sp³-hybridized carbons (Fsp3) is 0.500. The highest BCUT2D eigenvalue weighted by atomic mass is 16.7. The average molecular weight is 441 g/mol. The van der Waals surface area contributed by atoms with Crippen LogP contribution >= 0.6 is 0 Å². The summed E-state index contributed by atoms with van der Waals surface area (Å²) in [5.74, 6) is -0.903. The standard InChI is InChI=1S/C20H27NO10/c1-5-26-17(22)14(21-18(23)27-6-2)11-13-9-10-15(30-19(24)28-7-3)16(12-13)31-20(25)29-8-4/h9-10,12,14H,5-8,11H2,1-4H3,(H,21,23). The second-order valence-corrected chi connectivity index (χ2v) is 5.72. The Balaban J connectivity index is 3.13. The van der Waals surface area contributed by atoms with E-state index < -0.39 is 30.4 Å². The molecule has 0 aliphatic heterocycles. The van der Waals surface area contributed by atoms with Gasteiger partial charge >= 0.3 is 24.4 Å². The molecule has 1 amide bonds. The molecule has 0 aliphatic carbocycles. The van der Waals surface area contributed by atoms with E-state index in [0.717, 1.165) is 0 Å². The molecule has 0 bridgehead atoms. The topological polar surface area (TPSA) is 136 Å². The zero-order valence-electron chi connectivity index (χ0n) is 17.9. The van der Waals surface area contributed by atoms with Gasteiger partial charge in [0.25, 0.3) is 0 Å². The molecule has 1 rings (SSSR count). The van der Waals surface area contributed by atoms with E-state index in [4.69, 9.17) is 28.4 Å². The van der Waals surface area contributed by atoms with Crippen molar-refractivity contribution < 1.29 is 47.6 Å². The Bertz CT molecular complexity index is 764. The molecule has 1 atom stereocenters. The fourth-order valence-electron chi connectivity index (χ4n) is 2.30. The molecule has 0 aromatic heterocycles. The van der Waals surface area contributed by atoms with Gasteiger partial charge in [0, 0.05) is 6.42 Å². The number of hydrogen-bond donors (Lipinski definition) is 1. The first kappa shape index (κ1) is 25.5. The molecule has 0 radical (unpaired) electrons. The molecule has 0 aliphatic rings. The smallest absolute Gasteiger partial charge is 0.464 e. The molecule has 1 unspecified atom stereocenters.